The molecule has 0 aliphatic carbocycles. The summed E-state index contributed by atoms with van der Waals surface area (Å²) in [5, 5.41) is 12.2. The summed E-state index contributed by atoms with van der Waals surface area (Å²) in [4.78, 5) is 0. The summed E-state index contributed by atoms with van der Waals surface area (Å²) >= 11 is 9.29. The lowest BCUT2D eigenvalue weighted by Gasteiger charge is -2.08. The molecule has 0 aliphatic rings. The average molecular weight is 340 g/mol. The third kappa shape index (κ3) is 3.46. The molecule has 0 saturated heterocycles. The van der Waals surface area contributed by atoms with Crippen LogP contribution in [-0.2, 0) is 6.54 Å². The van der Waals surface area contributed by atoms with Gasteiger partial charge in [-0.15, -0.1) is 0 Å². The molecule has 0 saturated carbocycles. The third-order valence-corrected chi connectivity index (χ3v) is 3.80. The van der Waals surface area contributed by atoms with Gasteiger partial charge in [0, 0.05) is 11.0 Å². The molecule has 0 aliphatic heterocycles. The molecule has 5 heteroatoms. The Kier molecular flexibility index (Phi) is 4.41. The fraction of sp³-hybridized carbons (Fsp3) is 0.0714. The van der Waals surface area contributed by atoms with E-state index in [1.165, 1.54) is 6.07 Å². The van der Waals surface area contributed by atoms with E-state index in [9.17, 15) is 4.39 Å². The van der Waals surface area contributed by atoms with Gasteiger partial charge in [0.15, 0.2) is 0 Å². The SMILES string of the molecule is N#Cc1ccc(NCc2ccc(Br)c(Cl)c2)c(F)c1. The van der Waals surface area contributed by atoms with E-state index in [0.717, 1.165) is 10.0 Å². The van der Waals surface area contributed by atoms with Crippen LogP contribution in [0.4, 0.5) is 10.1 Å². The van der Waals surface area contributed by atoms with Crippen molar-refractivity contribution in [2.45, 2.75) is 6.54 Å². The van der Waals surface area contributed by atoms with Crippen molar-refractivity contribution in [2.75, 3.05) is 5.32 Å². The topological polar surface area (TPSA) is 35.8 Å². The van der Waals surface area contributed by atoms with Crippen LogP contribution < -0.4 is 5.32 Å². The Morgan fingerprint density at radius 1 is 1.26 bits per heavy atom. The van der Waals surface area contributed by atoms with Gasteiger partial charge in [-0.1, -0.05) is 17.7 Å². The molecule has 0 spiro atoms. The van der Waals surface area contributed by atoms with E-state index in [-0.39, 0.29) is 0 Å². The molecule has 2 rings (SSSR count). The van der Waals surface area contributed by atoms with Gasteiger partial charge in [-0.05, 0) is 51.8 Å². The Morgan fingerprint density at radius 2 is 2.05 bits per heavy atom. The van der Waals surface area contributed by atoms with Crippen LogP contribution in [0.5, 0.6) is 0 Å². The van der Waals surface area contributed by atoms with Gasteiger partial charge in [0.25, 0.3) is 0 Å². The molecule has 0 heterocycles. The minimum absolute atomic E-state index is 0.301. The second-order valence-electron chi connectivity index (χ2n) is 3.91. The highest BCUT2D eigenvalue weighted by molar-refractivity contribution is 9.10. The van der Waals surface area contributed by atoms with Crippen LogP contribution in [0.2, 0.25) is 5.02 Å². The van der Waals surface area contributed by atoms with Gasteiger partial charge in [0.05, 0.1) is 22.3 Å². The quantitative estimate of drug-likeness (QED) is 0.878. The number of nitriles is 1. The van der Waals surface area contributed by atoms with Crippen molar-refractivity contribution in [3.63, 3.8) is 0 Å². The summed E-state index contributed by atoms with van der Waals surface area (Å²) in [6.45, 7) is 0.454. The predicted molar refractivity (Wildman–Crippen MR) is 77.6 cm³/mol. The number of benzene rings is 2. The number of nitrogens with one attached hydrogen (secondary N) is 1. The first-order valence-electron chi connectivity index (χ1n) is 5.47. The van der Waals surface area contributed by atoms with Gasteiger partial charge in [-0.25, -0.2) is 4.39 Å². The summed E-state index contributed by atoms with van der Waals surface area (Å²) in [5.74, 6) is -0.442. The van der Waals surface area contributed by atoms with Crippen LogP contribution in [0.25, 0.3) is 0 Å². The molecular weight excluding hydrogens is 331 g/mol. The highest BCUT2D eigenvalue weighted by Gasteiger charge is 2.04. The molecule has 2 nitrogen and oxygen atoms in total. The zero-order valence-electron chi connectivity index (χ0n) is 9.75. The monoisotopic (exact) mass is 338 g/mol. The first-order valence-corrected chi connectivity index (χ1v) is 6.64. The first kappa shape index (κ1) is 13.9. The molecule has 0 fully saturated rings. The van der Waals surface area contributed by atoms with Crippen molar-refractivity contribution in [3.05, 3.63) is 62.8 Å². The van der Waals surface area contributed by atoms with Crippen LogP contribution in [0.3, 0.4) is 0 Å². The molecule has 0 radical (unpaired) electrons. The molecule has 1 N–H and O–H groups in total. The minimum atomic E-state index is -0.442. The van der Waals surface area contributed by atoms with E-state index in [1.807, 2.05) is 18.2 Å². The average Bonchev–Trinajstić information content (AvgIpc) is 2.41. The van der Waals surface area contributed by atoms with Crippen LogP contribution in [-0.4, -0.2) is 0 Å². The van der Waals surface area contributed by atoms with E-state index < -0.39 is 5.82 Å². The van der Waals surface area contributed by atoms with Crippen molar-refractivity contribution in [3.8, 4) is 6.07 Å². The molecule has 0 unspecified atom stereocenters. The minimum Gasteiger partial charge on any atom is -0.379 e. The van der Waals surface area contributed by atoms with E-state index in [0.29, 0.717) is 22.8 Å². The zero-order chi connectivity index (χ0) is 13.8. The third-order valence-electron chi connectivity index (χ3n) is 2.57. The Balaban J connectivity index is 2.10. The number of rotatable bonds is 3. The smallest absolute Gasteiger partial charge is 0.147 e. The summed E-state index contributed by atoms with van der Waals surface area (Å²) in [7, 11) is 0. The number of anilines is 1. The molecule has 0 atom stereocenters. The first-order chi connectivity index (χ1) is 9.10. The van der Waals surface area contributed by atoms with Gasteiger partial charge in [-0.3, -0.25) is 0 Å². The number of nitrogens with zero attached hydrogens (tertiary/aromatic N) is 1. The number of hydrogen-bond acceptors (Lipinski definition) is 2. The van der Waals surface area contributed by atoms with Gasteiger partial charge in [-0.2, -0.15) is 5.26 Å². The fourth-order valence-corrected chi connectivity index (χ4v) is 2.02. The maximum Gasteiger partial charge on any atom is 0.147 e. The van der Waals surface area contributed by atoms with Crippen LogP contribution in [0.1, 0.15) is 11.1 Å². The molecule has 19 heavy (non-hydrogen) atoms. The van der Waals surface area contributed by atoms with Crippen molar-refractivity contribution in [1.82, 2.24) is 0 Å². The Labute approximate surface area is 123 Å². The lowest BCUT2D eigenvalue weighted by Crippen LogP contribution is -2.01. The van der Waals surface area contributed by atoms with Gasteiger partial charge >= 0.3 is 0 Å². The Bertz CT molecular complexity index is 652. The van der Waals surface area contributed by atoms with Gasteiger partial charge in [0.1, 0.15) is 5.82 Å². The van der Waals surface area contributed by atoms with E-state index in [1.54, 1.807) is 18.2 Å². The highest BCUT2D eigenvalue weighted by Crippen LogP contribution is 2.24. The maximum atomic E-state index is 13.6. The van der Waals surface area contributed by atoms with Crippen molar-refractivity contribution < 1.29 is 4.39 Å². The molecule has 0 aromatic heterocycles. The summed E-state index contributed by atoms with van der Waals surface area (Å²) in [6, 6.07) is 11.8. The molecule has 0 bridgehead atoms. The summed E-state index contributed by atoms with van der Waals surface area (Å²) in [5.41, 5.74) is 1.60. The fourth-order valence-electron chi connectivity index (χ4n) is 1.57. The second-order valence-corrected chi connectivity index (χ2v) is 5.17. The summed E-state index contributed by atoms with van der Waals surface area (Å²) in [6.07, 6.45) is 0. The Morgan fingerprint density at radius 3 is 2.68 bits per heavy atom. The van der Waals surface area contributed by atoms with Crippen molar-refractivity contribution >= 4 is 33.2 Å². The normalized spacial score (nSPS) is 10.0. The van der Waals surface area contributed by atoms with Crippen LogP contribution in [0, 0.1) is 17.1 Å². The number of hydrogen-bond donors (Lipinski definition) is 1. The lowest BCUT2D eigenvalue weighted by molar-refractivity contribution is 0.629. The van der Waals surface area contributed by atoms with Gasteiger partial charge < -0.3 is 5.32 Å². The van der Waals surface area contributed by atoms with Crippen LogP contribution >= 0.6 is 27.5 Å². The molecule has 96 valence electrons. The standard InChI is InChI=1S/C14H9BrClFN2/c15-11-3-1-10(5-12(11)16)8-19-14-4-2-9(7-18)6-13(14)17/h1-6,19H,8H2. The molecule has 2 aromatic rings. The predicted octanol–water partition coefficient (Wildman–Crippen LogP) is 4.73. The molecular formula is C14H9BrClFN2. The van der Waals surface area contributed by atoms with Crippen LogP contribution in [0.15, 0.2) is 40.9 Å². The van der Waals surface area contributed by atoms with Crippen molar-refractivity contribution in [1.29, 1.82) is 5.26 Å². The van der Waals surface area contributed by atoms with E-state index >= 15 is 0 Å². The van der Waals surface area contributed by atoms with E-state index in [2.05, 4.69) is 21.2 Å². The molecule has 2 aromatic carbocycles. The lowest BCUT2D eigenvalue weighted by atomic mass is 10.2. The van der Waals surface area contributed by atoms with Crippen molar-refractivity contribution in [2.24, 2.45) is 0 Å². The largest absolute Gasteiger partial charge is 0.379 e. The second kappa shape index (κ2) is 6.05. The number of halogens is 3. The van der Waals surface area contributed by atoms with E-state index in [4.69, 9.17) is 16.9 Å². The Hall–Kier alpha value is -1.57. The molecule has 0 amide bonds. The maximum absolute atomic E-state index is 13.6. The highest BCUT2D eigenvalue weighted by atomic mass is 79.9. The zero-order valence-corrected chi connectivity index (χ0v) is 12.1. The summed E-state index contributed by atoms with van der Waals surface area (Å²) < 4.78 is 14.5. The van der Waals surface area contributed by atoms with Gasteiger partial charge in [0.2, 0.25) is 0 Å².